The van der Waals surface area contributed by atoms with Crippen LogP contribution in [0.2, 0.25) is 0 Å². The zero-order chi connectivity index (χ0) is 23.3. The second-order valence-corrected chi connectivity index (χ2v) is 9.38. The molecule has 0 unspecified atom stereocenters. The highest BCUT2D eigenvalue weighted by Gasteiger charge is 2.32. The number of carbonyl (C=O) groups excluding carboxylic acids is 2. The summed E-state index contributed by atoms with van der Waals surface area (Å²) in [6, 6.07) is 11.2. The Kier molecular flexibility index (Phi) is 7.37. The minimum atomic E-state index is -3.67. The predicted molar refractivity (Wildman–Crippen MR) is 120 cm³/mol. The van der Waals surface area contributed by atoms with E-state index in [1.54, 1.807) is 30.3 Å². The largest absolute Gasteiger partial charge is 0.493 e. The Morgan fingerprint density at radius 2 is 1.50 bits per heavy atom. The molecule has 1 aliphatic heterocycles. The molecule has 1 aliphatic rings. The molecule has 32 heavy (non-hydrogen) atoms. The molecule has 2 N–H and O–H groups in total. The van der Waals surface area contributed by atoms with Gasteiger partial charge in [-0.15, -0.1) is 0 Å². The van der Waals surface area contributed by atoms with E-state index < -0.39 is 10.0 Å². The van der Waals surface area contributed by atoms with Crippen LogP contribution in [0.25, 0.3) is 0 Å². The quantitative estimate of drug-likeness (QED) is 0.655. The number of hydrogen-bond acceptors (Lipinski definition) is 6. The van der Waals surface area contributed by atoms with E-state index in [1.165, 1.54) is 37.6 Å². The van der Waals surface area contributed by atoms with E-state index in [2.05, 4.69) is 10.6 Å². The standard InChI is InChI=1S/C22H27N3O6S/c1-15(26)23-17-4-7-19(8-5-17)32(28,29)25-12-10-16(11-13-25)22(27)24-18-6-9-20(30-2)21(14-18)31-3/h4-9,14,16H,10-13H2,1-3H3,(H,23,26)(H,24,27). The molecule has 3 rings (SSSR count). The van der Waals surface area contributed by atoms with Gasteiger partial charge in [-0.3, -0.25) is 9.59 Å². The third kappa shape index (κ3) is 5.38. The van der Waals surface area contributed by atoms with Gasteiger partial charge in [0.05, 0.1) is 19.1 Å². The van der Waals surface area contributed by atoms with Gasteiger partial charge in [0.2, 0.25) is 21.8 Å². The Morgan fingerprint density at radius 1 is 0.906 bits per heavy atom. The van der Waals surface area contributed by atoms with Crippen LogP contribution in [-0.4, -0.2) is 51.8 Å². The van der Waals surface area contributed by atoms with Gasteiger partial charge in [0, 0.05) is 43.4 Å². The van der Waals surface area contributed by atoms with Crippen LogP contribution in [0.4, 0.5) is 11.4 Å². The van der Waals surface area contributed by atoms with Crippen LogP contribution in [0.15, 0.2) is 47.4 Å². The SMILES string of the molecule is COc1ccc(NC(=O)C2CCN(S(=O)(=O)c3ccc(NC(C)=O)cc3)CC2)cc1OC. The van der Waals surface area contributed by atoms with E-state index in [1.807, 2.05) is 0 Å². The van der Waals surface area contributed by atoms with Crippen LogP contribution in [0.3, 0.4) is 0 Å². The van der Waals surface area contributed by atoms with Gasteiger partial charge in [0.15, 0.2) is 11.5 Å². The van der Waals surface area contributed by atoms with E-state index in [9.17, 15) is 18.0 Å². The summed E-state index contributed by atoms with van der Waals surface area (Å²) in [5, 5.41) is 5.48. The van der Waals surface area contributed by atoms with Crippen LogP contribution < -0.4 is 20.1 Å². The normalized spacial score (nSPS) is 15.1. The van der Waals surface area contributed by atoms with Gasteiger partial charge in [-0.2, -0.15) is 4.31 Å². The fourth-order valence-corrected chi connectivity index (χ4v) is 5.05. The average molecular weight is 462 g/mol. The minimum absolute atomic E-state index is 0.153. The van der Waals surface area contributed by atoms with E-state index >= 15 is 0 Å². The van der Waals surface area contributed by atoms with Gasteiger partial charge in [0.1, 0.15) is 0 Å². The van der Waals surface area contributed by atoms with E-state index in [-0.39, 0.29) is 35.7 Å². The number of ether oxygens (including phenoxy) is 2. The van der Waals surface area contributed by atoms with Crippen molar-refractivity contribution in [3.63, 3.8) is 0 Å². The summed E-state index contributed by atoms with van der Waals surface area (Å²) in [7, 11) is -0.616. The molecule has 0 atom stereocenters. The van der Waals surface area contributed by atoms with Crippen LogP contribution in [0, 0.1) is 5.92 Å². The molecular weight excluding hydrogens is 434 g/mol. The number of hydrogen-bond donors (Lipinski definition) is 2. The molecule has 0 spiro atoms. The van der Waals surface area contributed by atoms with Crippen molar-refractivity contribution < 1.29 is 27.5 Å². The lowest BCUT2D eigenvalue weighted by atomic mass is 9.97. The lowest BCUT2D eigenvalue weighted by Crippen LogP contribution is -2.41. The maximum atomic E-state index is 12.9. The molecular formula is C22H27N3O6S. The molecule has 0 aromatic heterocycles. The first-order valence-electron chi connectivity index (χ1n) is 10.2. The van der Waals surface area contributed by atoms with Crippen LogP contribution >= 0.6 is 0 Å². The number of anilines is 2. The Hall–Kier alpha value is -3.11. The minimum Gasteiger partial charge on any atom is -0.493 e. The van der Waals surface area contributed by atoms with Crippen LogP contribution in [0.1, 0.15) is 19.8 Å². The van der Waals surface area contributed by atoms with Crippen molar-refractivity contribution in [1.82, 2.24) is 4.31 Å². The van der Waals surface area contributed by atoms with Gasteiger partial charge in [-0.05, 0) is 49.2 Å². The number of rotatable bonds is 7. The van der Waals surface area contributed by atoms with Crippen molar-refractivity contribution in [2.45, 2.75) is 24.7 Å². The van der Waals surface area contributed by atoms with Crippen LogP contribution in [0.5, 0.6) is 11.5 Å². The Bertz CT molecular complexity index is 1080. The summed E-state index contributed by atoms with van der Waals surface area (Å²) in [6.45, 7) is 1.88. The first kappa shape index (κ1) is 23.6. The zero-order valence-electron chi connectivity index (χ0n) is 18.3. The number of piperidine rings is 1. The third-order valence-corrected chi connectivity index (χ3v) is 7.20. The van der Waals surface area contributed by atoms with Crippen LogP contribution in [-0.2, 0) is 19.6 Å². The van der Waals surface area contributed by atoms with Gasteiger partial charge >= 0.3 is 0 Å². The van der Waals surface area contributed by atoms with E-state index in [0.29, 0.717) is 35.7 Å². The molecule has 2 aromatic rings. The zero-order valence-corrected chi connectivity index (χ0v) is 19.1. The van der Waals surface area contributed by atoms with Gasteiger partial charge in [0.25, 0.3) is 0 Å². The second-order valence-electron chi connectivity index (χ2n) is 7.44. The predicted octanol–water partition coefficient (Wildman–Crippen LogP) is 2.70. The van der Waals surface area contributed by atoms with Gasteiger partial charge in [-0.1, -0.05) is 0 Å². The first-order chi connectivity index (χ1) is 15.2. The van der Waals surface area contributed by atoms with Crippen molar-refractivity contribution in [2.75, 3.05) is 37.9 Å². The number of nitrogens with one attached hydrogen (secondary N) is 2. The summed E-state index contributed by atoms with van der Waals surface area (Å²) >= 11 is 0. The lowest BCUT2D eigenvalue weighted by molar-refractivity contribution is -0.121. The molecule has 0 bridgehead atoms. The van der Waals surface area contributed by atoms with Crippen molar-refractivity contribution in [2.24, 2.45) is 5.92 Å². The Morgan fingerprint density at radius 3 is 2.06 bits per heavy atom. The fraction of sp³-hybridized carbons (Fsp3) is 0.364. The summed E-state index contributed by atoms with van der Waals surface area (Å²) in [5.41, 5.74) is 1.11. The van der Waals surface area contributed by atoms with Gasteiger partial charge < -0.3 is 20.1 Å². The highest BCUT2D eigenvalue weighted by molar-refractivity contribution is 7.89. The summed E-state index contributed by atoms with van der Waals surface area (Å²) in [5.74, 6) is 0.393. The lowest BCUT2D eigenvalue weighted by Gasteiger charge is -2.30. The molecule has 0 aliphatic carbocycles. The molecule has 1 heterocycles. The molecule has 0 radical (unpaired) electrons. The average Bonchev–Trinajstić information content (AvgIpc) is 2.79. The highest BCUT2D eigenvalue weighted by Crippen LogP contribution is 2.31. The highest BCUT2D eigenvalue weighted by atomic mass is 32.2. The number of nitrogens with zero attached hydrogens (tertiary/aromatic N) is 1. The molecule has 0 saturated carbocycles. The Balaban J connectivity index is 1.60. The second kappa shape index (κ2) is 10.0. The molecule has 1 saturated heterocycles. The molecule has 1 fully saturated rings. The number of sulfonamides is 1. The van der Waals surface area contributed by atoms with Crippen molar-refractivity contribution in [1.29, 1.82) is 0 Å². The number of benzene rings is 2. The molecule has 10 heteroatoms. The van der Waals surface area contributed by atoms with Crippen molar-refractivity contribution in [3.8, 4) is 11.5 Å². The smallest absolute Gasteiger partial charge is 0.243 e. The van der Waals surface area contributed by atoms with Crippen molar-refractivity contribution in [3.05, 3.63) is 42.5 Å². The van der Waals surface area contributed by atoms with Crippen molar-refractivity contribution >= 4 is 33.2 Å². The Labute approximate surface area is 187 Å². The maximum Gasteiger partial charge on any atom is 0.243 e. The third-order valence-electron chi connectivity index (χ3n) is 5.29. The molecule has 172 valence electrons. The summed E-state index contributed by atoms with van der Waals surface area (Å²) in [4.78, 5) is 24.0. The first-order valence-corrected chi connectivity index (χ1v) is 11.6. The maximum absolute atomic E-state index is 12.9. The molecule has 2 aromatic carbocycles. The molecule has 2 amide bonds. The number of methoxy groups -OCH3 is 2. The number of amides is 2. The van der Waals surface area contributed by atoms with E-state index in [4.69, 9.17) is 9.47 Å². The summed E-state index contributed by atoms with van der Waals surface area (Å²) < 4.78 is 37.7. The van der Waals surface area contributed by atoms with E-state index in [0.717, 1.165) is 0 Å². The fourth-order valence-electron chi connectivity index (χ4n) is 3.58. The topological polar surface area (TPSA) is 114 Å². The monoisotopic (exact) mass is 461 g/mol. The van der Waals surface area contributed by atoms with Gasteiger partial charge in [-0.25, -0.2) is 8.42 Å². The summed E-state index contributed by atoms with van der Waals surface area (Å²) in [6.07, 6.45) is 0.838. The number of carbonyl (C=O) groups is 2. The molecule has 9 nitrogen and oxygen atoms in total.